The summed E-state index contributed by atoms with van der Waals surface area (Å²) in [5.74, 6) is 2.30. The first kappa shape index (κ1) is 24.2. The van der Waals surface area contributed by atoms with Crippen molar-refractivity contribution in [3.8, 4) is 5.75 Å². The third kappa shape index (κ3) is 4.12. The van der Waals surface area contributed by atoms with Gasteiger partial charge in [0.2, 0.25) is 0 Å². The molecule has 5 rings (SSSR count). The van der Waals surface area contributed by atoms with Crippen molar-refractivity contribution in [1.29, 1.82) is 0 Å². The number of aromatic hydroxyl groups is 1. The third-order valence-corrected chi connectivity index (χ3v) is 8.61. The van der Waals surface area contributed by atoms with Crippen molar-refractivity contribution in [3.05, 3.63) is 28.8 Å². The minimum atomic E-state index is 0. The zero-order chi connectivity index (χ0) is 19.1. The van der Waals surface area contributed by atoms with Crippen LogP contribution in [0, 0.1) is 11.8 Å². The molecule has 2 bridgehead atoms. The maximum absolute atomic E-state index is 10.8. The van der Waals surface area contributed by atoms with Gasteiger partial charge >= 0.3 is 0 Å². The minimum absolute atomic E-state index is 0. The molecule has 1 heterocycles. The van der Waals surface area contributed by atoms with Crippen LogP contribution in [-0.2, 0) is 18.4 Å². The molecule has 0 amide bonds. The third-order valence-electron chi connectivity index (χ3n) is 8.61. The molecule has 2 saturated carbocycles. The minimum Gasteiger partial charge on any atom is -0.508 e. The van der Waals surface area contributed by atoms with Gasteiger partial charge in [0.25, 0.3) is 0 Å². The zero-order valence-corrected chi connectivity index (χ0v) is 20.1. The smallest absolute Gasteiger partial charge is 0.120 e. The maximum atomic E-state index is 10.8. The molecule has 170 valence electrons. The van der Waals surface area contributed by atoms with Gasteiger partial charge in [0.05, 0.1) is 0 Å². The summed E-state index contributed by atoms with van der Waals surface area (Å²) in [6.45, 7) is 6.62. The van der Waals surface area contributed by atoms with Gasteiger partial charge in [0.15, 0.2) is 0 Å². The van der Waals surface area contributed by atoms with Gasteiger partial charge in [0.1, 0.15) is 5.75 Å². The van der Waals surface area contributed by atoms with E-state index in [1.54, 1.807) is 5.56 Å². The molecule has 0 unspecified atom stereocenters. The van der Waals surface area contributed by atoms with Crippen molar-refractivity contribution in [2.45, 2.75) is 89.1 Å². The summed E-state index contributed by atoms with van der Waals surface area (Å²) >= 11 is 0. The van der Waals surface area contributed by atoms with E-state index in [0.717, 1.165) is 43.0 Å². The molecule has 1 saturated heterocycles. The predicted molar refractivity (Wildman–Crippen MR) is 129 cm³/mol. The number of hydrogen-bond acceptors (Lipinski definition) is 3. The number of halogens is 2. The molecule has 0 radical (unpaired) electrons. The normalized spacial score (nSPS) is 30.3. The second-order valence-electron chi connectivity index (χ2n) is 10.1. The van der Waals surface area contributed by atoms with Crippen LogP contribution in [0.3, 0.4) is 0 Å². The van der Waals surface area contributed by atoms with Gasteiger partial charge in [-0.3, -0.25) is 4.90 Å². The Balaban J connectivity index is 0.00000128. The average Bonchev–Trinajstić information content (AvgIpc) is 2.67. The number of phenols is 1. The van der Waals surface area contributed by atoms with Crippen LogP contribution in [0.5, 0.6) is 5.75 Å². The second kappa shape index (κ2) is 9.98. The van der Waals surface area contributed by atoms with Crippen LogP contribution < -0.4 is 5.32 Å². The van der Waals surface area contributed by atoms with Gasteiger partial charge in [-0.1, -0.05) is 32.3 Å². The Morgan fingerprint density at radius 2 is 1.93 bits per heavy atom. The van der Waals surface area contributed by atoms with E-state index in [1.165, 1.54) is 76.4 Å². The lowest BCUT2D eigenvalue weighted by molar-refractivity contribution is -0.0241. The van der Waals surface area contributed by atoms with E-state index in [0.29, 0.717) is 11.2 Å². The summed E-state index contributed by atoms with van der Waals surface area (Å²) in [6, 6.07) is 5.29. The van der Waals surface area contributed by atoms with Gasteiger partial charge in [-0.05, 0) is 87.1 Å². The van der Waals surface area contributed by atoms with Crippen LogP contribution >= 0.6 is 24.8 Å². The molecule has 3 nitrogen and oxygen atoms in total. The maximum Gasteiger partial charge on any atom is 0.120 e. The highest BCUT2D eigenvalue weighted by atomic mass is 35.5. The van der Waals surface area contributed by atoms with E-state index in [4.69, 9.17) is 0 Å². The summed E-state index contributed by atoms with van der Waals surface area (Å²) < 4.78 is 0. The van der Waals surface area contributed by atoms with E-state index in [1.807, 2.05) is 0 Å². The fourth-order valence-corrected chi connectivity index (χ4v) is 6.96. The number of nitrogens with one attached hydrogen (secondary N) is 1. The van der Waals surface area contributed by atoms with Gasteiger partial charge in [-0.2, -0.15) is 0 Å². The summed E-state index contributed by atoms with van der Waals surface area (Å²) in [5.41, 5.74) is 4.52. The predicted octanol–water partition coefficient (Wildman–Crippen LogP) is 5.59. The summed E-state index contributed by atoms with van der Waals surface area (Å²) in [7, 11) is 0. The van der Waals surface area contributed by atoms with Crippen LogP contribution in [0.1, 0.15) is 81.4 Å². The Labute approximate surface area is 195 Å². The van der Waals surface area contributed by atoms with Crippen molar-refractivity contribution in [3.63, 3.8) is 0 Å². The Morgan fingerprint density at radius 3 is 2.67 bits per heavy atom. The quantitative estimate of drug-likeness (QED) is 0.549. The SMILES string of the molecule is CCCNCc1cc2c(cc1O)[C@@]13CCCC[C@H]1[C@@H](C2)N(CC1CCC1)CC3.Cl.Cl. The molecule has 0 aromatic heterocycles. The standard InChI is InChI=1S/C25H38N2O.2ClH/c1-2-11-26-16-20-13-19-14-23-21-8-3-4-9-25(21,22(19)15-24(20)28)10-12-27(23)17-18-6-5-7-18;;/h13,15,18,21,23,26,28H,2-12,14,16-17H2,1H3;2*1H/t21-,23+,25+;;/m0../s1. The number of benzene rings is 1. The second-order valence-corrected chi connectivity index (χ2v) is 10.1. The average molecular weight is 456 g/mol. The van der Waals surface area contributed by atoms with Gasteiger partial charge < -0.3 is 10.4 Å². The number of likely N-dealkylation sites (tertiary alicyclic amines) is 1. The van der Waals surface area contributed by atoms with Crippen LogP contribution in [0.25, 0.3) is 0 Å². The van der Waals surface area contributed by atoms with Crippen molar-refractivity contribution < 1.29 is 5.11 Å². The van der Waals surface area contributed by atoms with E-state index in [2.05, 4.69) is 29.3 Å². The Kier molecular flexibility index (Phi) is 8.04. The number of rotatable bonds is 6. The number of nitrogens with zero attached hydrogens (tertiary/aromatic N) is 1. The topological polar surface area (TPSA) is 35.5 Å². The van der Waals surface area contributed by atoms with Crippen molar-refractivity contribution in [2.75, 3.05) is 19.6 Å². The molecule has 4 aliphatic rings. The lowest BCUT2D eigenvalue weighted by Gasteiger charge is -2.59. The number of piperidine rings is 1. The zero-order valence-electron chi connectivity index (χ0n) is 18.5. The van der Waals surface area contributed by atoms with Gasteiger partial charge in [0, 0.05) is 30.1 Å². The number of fused-ring (bicyclic) bond motifs is 1. The van der Waals surface area contributed by atoms with E-state index in [-0.39, 0.29) is 24.8 Å². The number of phenolic OH excluding ortho intramolecular Hbond substituents is 1. The summed E-state index contributed by atoms with van der Waals surface area (Å²) in [4.78, 5) is 2.89. The van der Waals surface area contributed by atoms with E-state index >= 15 is 0 Å². The van der Waals surface area contributed by atoms with E-state index in [9.17, 15) is 5.11 Å². The van der Waals surface area contributed by atoms with Crippen LogP contribution in [0.2, 0.25) is 0 Å². The fourth-order valence-electron chi connectivity index (χ4n) is 6.96. The first-order valence-corrected chi connectivity index (χ1v) is 12.0. The highest BCUT2D eigenvalue weighted by Crippen LogP contribution is 2.56. The molecule has 3 atom stereocenters. The van der Waals surface area contributed by atoms with Gasteiger partial charge in [-0.25, -0.2) is 0 Å². The highest BCUT2D eigenvalue weighted by molar-refractivity contribution is 5.85. The fraction of sp³-hybridized carbons (Fsp3) is 0.760. The van der Waals surface area contributed by atoms with E-state index < -0.39 is 0 Å². The van der Waals surface area contributed by atoms with Crippen molar-refractivity contribution >= 4 is 24.8 Å². The lowest BCUT2D eigenvalue weighted by atomic mass is 9.52. The monoisotopic (exact) mass is 454 g/mol. The van der Waals surface area contributed by atoms with Gasteiger partial charge in [-0.15, -0.1) is 24.8 Å². The molecule has 3 aliphatic carbocycles. The number of hydrogen-bond donors (Lipinski definition) is 2. The summed E-state index contributed by atoms with van der Waals surface area (Å²) in [6.07, 6.45) is 13.5. The molecular weight excluding hydrogens is 415 g/mol. The summed E-state index contributed by atoms with van der Waals surface area (Å²) in [5, 5.41) is 14.3. The molecule has 2 N–H and O–H groups in total. The van der Waals surface area contributed by atoms with Crippen LogP contribution in [-0.4, -0.2) is 35.7 Å². The molecule has 30 heavy (non-hydrogen) atoms. The van der Waals surface area contributed by atoms with Crippen LogP contribution in [0.15, 0.2) is 12.1 Å². The first-order chi connectivity index (χ1) is 13.7. The highest BCUT2D eigenvalue weighted by Gasteiger charge is 2.54. The molecule has 3 fully saturated rings. The Bertz CT molecular complexity index is 723. The van der Waals surface area contributed by atoms with Crippen molar-refractivity contribution in [2.24, 2.45) is 11.8 Å². The first-order valence-electron chi connectivity index (χ1n) is 12.0. The molecule has 0 spiro atoms. The molecule has 1 aliphatic heterocycles. The Morgan fingerprint density at radius 1 is 1.10 bits per heavy atom. The lowest BCUT2D eigenvalue weighted by Crippen LogP contribution is -2.61. The molecular formula is C25H40Cl2N2O. The Hall–Kier alpha value is -0.480. The molecule has 1 aromatic carbocycles. The van der Waals surface area contributed by atoms with Crippen molar-refractivity contribution in [1.82, 2.24) is 10.2 Å². The largest absolute Gasteiger partial charge is 0.508 e. The molecule has 1 aromatic rings. The van der Waals surface area contributed by atoms with Crippen LogP contribution in [0.4, 0.5) is 0 Å². The molecule has 5 heteroatoms.